The fourth-order valence-electron chi connectivity index (χ4n) is 0.801. The van der Waals surface area contributed by atoms with Gasteiger partial charge in [-0.25, -0.2) is 9.78 Å². The maximum absolute atomic E-state index is 11.1. The van der Waals surface area contributed by atoms with Gasteiger partial charge in [0.05, 0.1) is 6.61 Å². The van der Waals surface area contributed by atoms with Gasteiger partial charge in [-0.2, -0.15) is 0 Å². The minimum absolute atomic E-state index is 0.175. The molecular weight excluding hydrogens is 184 g/mol. The quantitative estimate of drug-likeness (QED) is 0.552. The van der Waals surface area contributed by atoms with E-state index in [0.717, 1.165) is 0 Å². The predicted molar refractivity (Wildman–Crippen MR) is 49.5 cm³/mol. The summed E-state index contributed by atoms with van der Waals surface area (Å²) < 4.78 is 4.50. The lowest BCUT2D eigenvalue weighted by Crippen LogP contribution is -2.25. The van der Waals surface area contributed by atoms with E-state index in [1.807, 2.05) is 0 Å². The smallest absolute Gasteiger partial charge is 0.397 e. The van der Waals surface area contributed by atoms with E-state index in [2.05, 4.69) is 15.0 Å². The second-order valence-corrected chi connectivity index (χ2v) is 2.39. The van der Waals surface area contributed by atoms with Crippen LogP contribution in [0.2, 0.25) is 0 Å². The monoisotopic (exact) mass is 194 g/mol. The highest BCUT2D eigenvalue weighted by atomic mass is 16.5. The lowest BCUT2D eigenvalue weighted by Gasteiger charge is -2.02. The van der Waals surface area contributed by atoms with Gasteiger partial charge in [-0.05, 0) is 19.1 Å². The fourth-order valence-corrected chi connectivity index (χ4v) is 0.801. The van der Waals surface area contributed by atoms with Crippen molar-refractivity contribution >= 4 is 17.7 Å². The molecule has 0 aliphatic heterocycles. The van der Waals surface area contributed by atoms with Crippen LogP contribution in [0, 0.1) is 0 Å². The summed E-state index contributed by atoms with van der Waals surface area (Å²) in [5.41, 5.74) is 0. The van der Waals surface area contributed by atoms with Crippen molar-refractivity contribution in [2.45, 2.75) is 6.92 Å². The number of aromatic nitrogens is 1. The maximum atomic E-state index is 11.1. The summed E-state index contributed by atoms with van der Waals surface area (Å²) in [4.78, 5) is 25.8. The van der Waals surface area contributed by atoms with Crippen LogP contribution in [0.4, 0.5) is 5.82 Å². The van der Waals surface area contributed by atoms with Gasteiger partial charge in [0.1, 0.15) is 5.82 Å². The van der Waals surface area contributed by atoms with E-state index in [0.29, 0.717) is 5.82 Å². The molecule has 0 aliphatic rings. The highest BCUT2D eigenvalue weighted by Gasteiger charge is 2.14. The molecule has 0 unspecified atom stereocenters. The number of nitrogens with one attached hydrogen (secondary N) is 1. The first-order valence-electron chi connectivity index (χ1n) is 4.13. The van der Waals surface area contributed by atoms with Gasteiger partial charge >= 0.3 is 11.9 Å². The average Bonchev–Trinajstić information content (AvgIpc) is 2.19. The fraction of sp³-hybridized carbons (Fsp3) is 0.222. The minimum Gasteiger partial charge on any atom is -0.459 e. The van der Waals surface area contributed by atoms with Crippen molar-refractivity contribution in [3.8, 4) is 0 Å². The third-order valence-electron chi connectivity index (χ3n) is 1.37. The highest BCUT2D eigenvalue weighted by molar-refractivity contribution is 6.37. The first kappa shape index (κ1) is 10.2. The summed E-state index contributed by atoms with van der Waals surface area (Å²) in [6.45, 7) is 1.81. The number of rotatable bonds is 2. The summed E-state index contributed by atoms with van der Waals surface area (Å²) in [5.74, 6) is -1.39. The van der Waals surface area contributed by atoms with Gasteiger partial charge < -0.3 is 10.1 Å². The van der Waals surface area contributed by atoms with Crippen LogP contribution < -0.4 is 5.32 Å². The topological polar surface area (TPSA) is 68.3 Å². The number of carbonyl (C=O) groups is 2. The second kappa shape index (κ2) is 4.96. The van der Waals surface area contributed by atoms with Crippen LogP contribution in [0.25, 0.3) is 0 Å². The van der Waals surface area contributed by atoms with Gasteiger partial charge in [0.25, 0.3) is 0 Å². The van der Waals surface area contributed by atoms with Crippen LogP contribution in [-0.4, -0.2) is 23.5 Å². The molecule has 1 N–H and O–H groups in total. The van der Waals surface area contributed by atoms with Crippen molar-refractivity contribution in [2.75, 3.05) is 11.9 Å². The van der Waals surface area contributed by atoms with Crippen molar-refractivity contribution in [1.82, 2.24) is 4.98 Å². The zero-order chi connectivity index (χ0) is 10.4. The van der Waals surface area contributed by atoms with E-state index in [4.69, 9.17) is 0 Å². The molecule has 0 saturated heterocycles. The normalized spacial score (nSPS) is 9.21. The molecule has 0 radical (unpaired) electrons. The zero-order valence-electron chi connectivity index (χ0n) is 7.69. The number of hydrogen-bond donors (Lipinski definition) is 1. The van der Waals surface area contributed by atoms with Crippen LogP contribution in [0.15, 0.2) is 24.4 Å². The van der Waals surface area contributed by atoms with Crippen LogP contribution >= 0.6 is 0 Å². The highest BCUT2D eigenvalue weighted by Crippen LogP contribution is 1.99. The van der Waals surface area contributed by atoms with Crippen LogP contribution in [0.3, 0.4) is 0 Å². The molecule has 0 spiro atoms. The molecule has 0 bridgehead atoms. The van der Waals surface area contributed by atoms with Crippen molar-refractivity contribution in [2.24, 2.45) is 0 Å². The average molecular weight is 194 g/mol. The first-order chi connectivity index (χ1) is 6.74. The summed E-state index contributed by atoms with van der Waals surface area (Å²) in [7, 11) is 0. The van der Waals surface area contributed by atoms with Crippen molar-refractivity contribution in [3.63, 3.8) is 0 Å². The number of amides is 1. The molecule has 1 heterocycles. The van der Waals surface area contributed by atoms with E-state index in [9.17, 15) is 9.59 Å². The molecule has 0 saturated carbocycles. The molecular formula is C9H10N2O3. The third-order valence-corrected chi connectivity index (χ3v) is 1.37. The van der Waals surface area contributed by atoms with Gasteiger partial charge in [0, 0.05) is 6.20 Å². The van der Waals surface area contributed by atoms with Crippen molar-refractivity contribution < 1.29 is 14.3 Å². The molecule has 5 heteroatoms. The Hall–Kier alpha value is -1.91. The van der Waals surface area contributed by atoms with Crippen molar-refractivity contribution in [1.29, 1.82) is 0 Å². The molecule has 0 aromatic carbocycles. The van der Waals surface area contributed by atoms with Crippen LogP contribution in [0.5, 0.6) is 0 Å². The maximum Gasteiger partial charge on any atom is 0.397 e. The first-order valence-corrected chi connectivity index (χ1v) is 4.13. The van der Waals surface area contributed by atoms with E-state index in [-0.39, 0.29) is 6.61 Å². The molecule has 1 aromatic rings. The number of anilines is 1. The number of ether oxygens (including phenoxy) is 1. The summed E-state index contributed by atoms with van der Waals surface area (Å²) in [6.07, 6.45) is 1.51. The molecule has 0 atom stereocenters. The number of carbonyl (C=O) groups excluding carboxylic acids is 2. The largest absolute Gasteiger partial charge is 0.459 e. The predicted octanol–water partition coefficient (Wildman–Crippen LogP) is 0.583. The van der Waals surface area contributed by atoms with Gasteiger partial charge in [-0.15, -0.1) is 0 Å². The number of nitrogens with zero attached hydrogens (tertiary/aromatic N) is 1. The Morgan fingerprint density at radius 1 is 1.50 bits per heavy atom. The Kier molecular flexibility index (Phi) is 3.60. The van der Waals surface area contributed by atoms with E-state index >= 15 is 0 Å². The van der Waals surface area contributed by atoms with Gasteiger partial charge in [-0.3, -0.25) is 4.79 Å². The Bertz CT molecular complexity index is 324. The third kappa shape index (κ3) is 2.85. The molecule has 1 aromatic heterocycles. The standard InChI is InChI=1S/C9H10N2O3/c1-2-14-9(13)8(12)11-7-5-3-4-6-10-7/h3-6H,2H2,1H3,(H,10,11,12). The molecule has 1 rings (SSSR count). The van der Waals surface area contributed by atoms with Crippen LogP contribution in [0.1, 0.15) is 6.92 Å². The Morgan fingerprint density at radius 3 is 2.86 bits per heavy atom. The lowest BCUT2D eigenvalue weighted by molar-refractivity contribution is -0.152. The van der Waals surface area contributed by atoms with E-state index < -0.39 is 11.9 Å². The number of esters is 1. The summed E-state index contributed by atoms with van der Waals surface area (Å²) >= 11 is 0. The molecule has 0 aliphatic carbocycles. The van der Waals surface area contributed by atoms with Gasteiger partial charge in [0.15, 0.2) is 0 Å². The molecule has 74 valence electrons. The van der Waals surface area contributed by atoms with E-state index in [1.165, 1.54) is 6.20 Å². The van der Waals surface area contributed by atoms with Crippen molar-refractivity contribution in [3.05, 3.63) is 24.4 Å². The number of pyridine rings is 1. The molecule has 5 nitrogen and oxygen atoms in total. The SMILES string of the molecule is CCOC(=O)C(=O)Nc1ccccn1. The second-order valence-electron chi connectivity index (χ2n) is 2.39. The van der Waals surface area contributed by atoms with E-state index in [1.54, 1.807) is 25.1 Å². The lowest BCUT2D eigenvalue weighted by atomic mass is 10.4. The zero-order valence-corrected chi connectivity index (χ0v) is 7.69. The Balaban J connectivity index is 2.53. The number of hydrogen-bond acceptors (Lipinski definition) is 4. The molecule has 14 heavy (non-hydrogen) atoms. The Morgan fingerprint density at radius 2 is 2.29 bits per heavy atom. The molecule has 0 fully saturated rings. The Labute approximate surface area is 81.1 Å². The van der Waals surface area contributed by atoms with Crippen LogP contribution in [-0.2, 0) is 14.3 Å². The summed E-state index contributed by atoms with van der Waals surface area (Å²) in [5, 5.41) is 2.30. The molecule has 1 amide bonds. The minimum atomic E-state index is -0.904. The summed E-state index contributed by atoms with van der Waals surface area (Å²) in [6, 6.07) is 4.99. The van der Waals surface area contributed by atoms with Gasteiger partial charge in [-0.1, -0.05) is 6.07 Å². The van der Waals surface area contributed by atoms with Gasteiger partial charge in [0.2, 0.25) is 0 Å².